The lowest BCUT2D eigenvalue weighted by Gasteiger charge is -2.13. The summed E-state index contributed by atoms with van der Waals surface area (Å²) in [6.07, 6.45) is -3.05. The summed E-state index contributed by atoms with van der Waals surface area (Å²) in [6.45, 7) is -0.118. The molecular weight excluding hydrogens is 369 g/mol. The van der Waals surface area contributed by atoms with E-state index in [0.29, 0.717) is 9.88 Å². The molecule has 0 aliphatic heterocycles. The lowest BCUT2D eigenvalue weighted by Crippen LogP contribution is -2.23. The number of carbonyl (C=O) groups excluding carboxylic acids is 2. The number of hydrogen-bond donors (Lipinski definition) is 2. The van der Waals surface area contributed by atoms with Gasteiger partial charge in [0.1, 0.15) is 5.75 Å². The molecule has 1 aromatic carbocycles. The molecule has 9 heteroatoms. The summed E-state index contributed by atoms with van der Waals surface area (Å²) in [5, 5.41) is 5.86. The first-order valence-electron chi connectivity index (χ1n) is 7.84. The molecule has 0 radical (unpaired) electrons. The van der Waals surface area contributed by atoms with Crippen LogP contribution in [0, 0.1) is 5.92 Å². The lowest BCUT2D eigenvalue weighted by atomic mass is 10.2. The molecule has 3 rings (SSSR count). The molecule has 1 aromatic heterocycles. The van der Waals surface area contributed by atoms with Crippen LogP contribution in [-0.2, 0) is 11.3 Å². The first kappa shape index (κ1) is 18.2. The van der Waals surface area contributed by atoms with Gasteiger partial charge in [0, 0.05) is 18.0 Å². The molecule has 2 N–H and O–H groups in total. The van der Waals surface area contributed by atoms with Crippen molar-refractivity contribution in [2.75, 3.05) is 5.32 Å². The van der Waals surface area contributed by atoms with E-state index in [4.69, 9.17) is 0 Å². The van der Waals surface area contributed by atoms with E-state index in [2.05, 4.69) is 15.4 Å². The molecule has 5 nitrogen and oxygen atoms in total. The summed E-state index contributed by atoms with van der Waals surface area (Å²) in [5.41, 5.74) is 0.206. The number of hydrogen-bond acceptors (Lipinski definition) is 4. The molecular formula is C17H15F3N2O3S. The van der Waals surface area contributed by atoms with Crippen LogP contribution >= 0.6 is 11.3 Å². The number of benzene rings is 1. The Hall–Kier alpha value is -2.55. The van der Waals surface area contributed by atoms with Crippen molar-refractivity contribution >= 4 is 28.2 Å². The minimum absolute atomic E-state index is 0.0551. The average molecular weight is 384 g/mol. The highest BCUT2D eigenvalue weighted by Gasteiger charge is 2.32. The van der Waals surface area contributed by atoms with Crippen molar-refractivity contribution in [3.05, 3.63) is 46.8 Å². The van der Waals surface area contributed by atoms with Crippen LogP contribution in [0.15, 0.2) is 36.4 Å². The third kappa shape index (κ3) is 4.98. The Bertz CT molecular complexity index is 816. The standard InChI is InChI=1S/C17H15F3N2O3S/c18-17(19,20)25-12-4-2-1-3-11(12)9-21-16(24)13-7-8-14(26-13)22-15(23)10-5-6-10/h1-4,7-8,10H,5-6,9H2,(H,21,24)(H,22,23). The van der Waals surface area contributed by atoms with Gasteiger partial charge in [-0.2, -0.15) is 0 Å². The number of para-hydroxylation sites is 1. The molecule has 0 atom stereocenters. The van der Waals surface area contributed by atoms with E-state index in [1.807, 2.05) is 0 Å². The van der Waals surface area contributed by atoms with Crippen molar-refractivity contribution in [1.29, 1.82) is 0 Å². The van der Waals surface area contributed by atoms with Crippen molar-refractivity contribution in [1.82, 2.24) is 5.32 Å². The fourth-order valence-electron chi connectivity index (χ4n) is 2.23. The highest BCUT2D eigenvalue weighted by molar-refractivity contribution is 7.18. The Labute approximate surface area is 151 Å². The molecule has 1 saturated carbocycles. The predicted molar refractivity (Wildman–Crippen MR) is 90.0 cm³/mol. The summed E-state index contributed by atoms with van der Waals surface area (Å²) < 4.78 is 41.2. The molecule has 2 amide bonds. The SMILES string of the molecule is O=C(NCc1ccccc1OC(F)(F)F)c1ccc(NC(=O)C2CC2)s1. The van der Waals surface area contributed by atoms with Gasteiger partial charge in [0.15, 0.2) is 0 Å². The molecule has 0 bridgehead atoms. The zero-order valence-corrected chi connectivity index (χ0v) is 14.2. The van der Waals surface area contributed by atoms with Crippen LogP contribution in [0.4, 0.5) is 18.2 Å². The number of carbonyl (C=O) groups is 2. The number of thiophene rings is 1. The minimum Gasteiger partial charge on any atom is -0.405 e. The van der Waals surface area contributed by atoms with Gasteiger partial charge in [-0.1, -0.05) is 18.2 Å². The predicted octanol–water partition coefficient (Wildman–Crippen LogP) is 3.93. The van der Waals surface area contributed by atoms with Gasteiger partial charge in [-0.25, -0.2) is 0 Å². The second-order valence-electron chi connectivity index (χ2n) is 5.77. The van der Waals surface area contributed by atoms with Gasteiger partial charge in [-0.05, 0) is 31.0 Å². The van der Waals surface area contributed by atoms with E-state index in [1.165, 1.54) is 18.2 Å². The van der Waals surface area contributed by atoms with Gasteiger partial charge >= 0.3 is 6.36 Å². The summed E-state index contributed by atoms with van der Waals surface area (Å²) in [7, 11) is 0. The quantitative estimate of drug-likeness (QED) is 0.793. The van der Waals surface area contributed by atoms with Crippen LogP contribution in [0.1, 0.15) is 28.1 Å². The minimum atomic E-state index is -4.80. The Balaban J connectivity index is 1.59. The number of anilines is 1. The van der Waals surface area contributed by atoms with Gasteiger partial charge in [0.2, 0.25) is 5.91 Å². The van der Waals surface area contributed by atoms with Gasteiger partial charge < -0.3 is 15.4 Å². The topological polar surface area (TPSA) is 67.4 Å². The fraction of sp³-hybridized carbons (Fsp3) is 0.294. The Morgan fingerprint density at radius 2 is 1.88 bits per heavy atom. The summed E-state index contributed by atoms with van der Waals surface area (Å²) in [6, 6.07) is 8.78. The highest BCUT2D eigenvalue weighted by Crippen LogP contribution is 2.31. The second-order valence-corrected chi connectivity index (χ2v) is 6.85. The molecule has 1 aliphatic carbocycles. The average Bonchev–Trinajstić information content (AvgIpc) is 3.32. The third-order valence-electron chi connectivity index (χ3n) is 3.66. The Morgan fingerprint density at radius 1 is 1.15 bits per heavy atom. The van der Waals surface area contributed by atoms with Crippen LogP contribution < -0.4 is 15.4 Å². The zero-order valence-electron chi connectivity index (χ0n) is 13.4. The first-order valence-corrected chi connectivity index (χ1v) is 8.66. The van der Waals surface area contributed by atoms with Gasteiger partial charge in [0.05, 0.1) is 9.88 Å². The first-order chi connectivity index (χ1) is 12.3. The molecule has 0 spiro atoms. The van der Waals surface area contributed by atoms with E-state index >= 15 is 0 Å². The lowest BCUT2D eigenvalue weighted by molar-refractivity contribution is -0.274. The van der Waals surface area contributed by atoms with Crippen molar-refractivity contribution in [3.63, 3.8) is 0 Å². The maximum absolute atomic E-state index is 12.4. The van der Waals surface area contributed by atoms with Crippen molar-refractivity contribution in [2.24, 2.45) is 5.92 Å². The van der Waals surface area contributed by atoms with E-state index in [-0.39, 0.29) is 29.7 Å². The number of alkyl halides is 3. The van der Waals surface area contributed by atoms with Gasteiger partial charge in [-0.15, -0.1) is 24.5 Å². The highest BCUT2D eigenvalue weighted by atomic mass is 32.1. The molecule has 1 fully saturated rings. The third-order valence-corrected chi connectivity index (χ3v) is 4.66. The molecule has 1 aliphatic rings. The number of amides is 2. The number of rotatable bonds is 6. The number of ether oxygens (including phenoxy) is 1. The van der Waals surface area contributed by atoms with Crippen molar-refractivity contribution in [3.8, 4) is 5.75 Å². The van der Waals surface area contributed by atoms with E-state index in [0.717, 1.165) is 24.2 Å². The molecule has 0 unspecified atom stereocenters. The monoisotopic (exact) mass is 384 g/mol. The van der Waals surface area contributed by atoms with Crippen LogP contribution in [0.3, 0.4) is 0 Å². The van der Waals surface area contributed by atoms with Crippen LogP contribution in [-0.4, -0.2) is 18.2 Å². The largest absolute Gasteiger partial charge is 0.573 e. The smallest absolute Gasteiger partial charge is 0.405 e. The Morgan fingerprint density at radius 3 is 2.58 bits per heavy atom. The summed E-state index contributed by atoms with van der Waals surface area (Å²) in [4.78, 5) is 24.2. The van der Waals surface area contributed by atoms with Crippen molar-refractivity contribution < 1.29 is 27.5 Å². The van der Waals surface area contributed by atoms with E-state index < -0.39 is 12.3 Å². The number of nitrogens with one attached hydrogen (secondary N) is 2. The number of halogens is 3. The molecule has 26 heavy (non-hydrogen) atoms. The molecule has 0 saturated heterocycles. The Kier molecular flexibility index (Phi) is 5.17. The zero-order chi connectivity index (χ0) is 18.7. The fourth-order valence-corrected chi connectivity index (χ4v) is 3.06. The van der Waals surface area contributed by atoms with Crippen LogP contribution in [0.5, 0.6) is 5.75 Å². The van der Waals surface area contributed by atoms with Crippen LogP contribution in [0.2, 0.25) is 0 Å². The van der Waals surface area contributed by atoms with Gasteiger partial charge in [-0.3, -0.25) is 9.59 Å². The maximum atomic E-state index is 12.4. The molecule has 2 aromatic rings. The van der Waals surface area contributed by atoms with E-state index in [1.54, 1.807) is 18.2 Å². The summed E-state index contributed by atoms with van der Waals surface area (Å²) >= 11 is 1.11. The van der Waals surface area contributed by atoms with Crippen molar-refractivity contribution in [2.45, 2.75) is 25.7 Å². The van der Waals surface area contributed by atoms with Gasteiger partial charge in [0.25, 0.3) is 5.91 Å². The normalized spacial score (nSPS) is 14.0. The molecule has 1 heterocycles. The summed E-state index contributed by atoms with van der Waals surface area (Å²) in [5.74, 6) is -0.802. The van der Waals surface area contributed by atoms with Crippen LogP contribution in [0.25, 0.3) is 0 Å². The molecule has 138 valence electrons. The maximum Gasteiger partial charge on any atom is 0.573 e. The van der Waals surface area contributed by atoms with E-state index in [9.17, 15) is 22.8 Å². The second kappa shape index (κ2) is 7.36.